The van der Waals surface area contributed by atoms with Crippen LogP contribution in [0, 0.1) is 5.92 Å². The molecule has 22 heavy (non-hydrogen) atoms. The van der Waals surface area contributed by atoms with Crippen LogP contribution in [0.15, 0.2) is 0 Å². The van der Waals surface area contributed by atoms with Crippen molar-refractivity contribution in [2.75, 3.05) is 33.2 Å². The molecule has 7 heteroatoms. The Kier molecular flexibility index (Phi) is 5.05. The minimum atomic E-state index is -0.793. The Hall–Kier alpha value is -1.63. The first-order valence-electron chi connectivity index (χ1n) is 7.93. The average molecular weight is 310 g/mol. The zero-order valence-corrected chi connectivity index (χ0v) is 13.4. The van der Waals surface area contributed by atoms with E-state index in [0.29, 0.717) is 39.0 Å². The summed E-state index contributed by atoms with van der Waals surface area (Å²) < 4.78 is 0. The maximum Gasteiger partial charge on any atom is 0.242 e. The number of nitrogens with two attached hydrogens (primary N) is 1. The first-order chi connectivity index (χ1) is 10.4. The highest BCUT2D eigenvalue weighted by Gasteiger charge is 2.42. The summed E-state index contributed by atoms with van der Waals surface area (Å²) in [5, 5.41) is 2.61. The minimum absolute atomic E-state index is 0.0773. The second-order valence-electron chi connectivity index (χ2n) is 6.39. The molecule has 0 bridgehead atoms. The number of carbonyl (C=O) groups excluding carboxylic acids is 3. The molecule has 2 fully saturated rings. The van der Waals surface area contributed by atoms with E-state index in [-0.39, 0.29) is 17.7 Å². The van der Waals surface area contributed by atoms with Gasteiger partial charge in [-0.15, -0.1) is 0 Å². The van der Waals surface area contributed by atoms with Gasteiger partial charge in [-0.3, -0.25) is 14.4 Å². The number of hydrogen-bond donors (Lipinski definition) is 2. The van der Waals surface area contributed by atoms with Crippen LogP contribution in [0.4, 0.5) is 0 Å². The van der Waals surface area contributed by atoms with E-state index in [1.165, 1.54) is 6.92 Å². The van der Waals surface area contributed by atoms with Gasteiger partial charge in [-0.2, -0.15) is 0 Å². The number of amides is 3. The van der Waals surface area contributed by atoms with Gasteiger partial charge in [0.25, 0.3) is 0 Å². The smallest absolute Gasteiger partial charge is 0.242 e. The summed E-state index contributed by atoms with van der Waals surface area (Å²) in [6.45, 7) is 3.03. The summed E-state index contributed by atoms with van der Waals surface area (Å²) in [5.74, 6) is -0.718. The third-order valence-electron chi connectivity index (χ3n) is 4.79. The summed E-state index contributed by atoms with van der Waals surface area (Å²) >= 11 is 0. The van der Waals surface area contributed by atoms with Gasteiger partial charge in [0, 0.05) is 40.2 Å². The van der Waals surface area contributed by atoms with Crippen LogP contribution in [-0.4, -0.2) is 66.3 Å². The second kappa shape index (κ2) is 6.64. The molecule has 2 rings (SSSR count). The molecule has 0 unspecified atom stereocenters. The van der Waals surface area contributed by atoms with Gasteiger partial charge in [0.05, 0.1) is 11.5 Å². The van der Waals surface area contributed by atoms with Gasteiger partial charge < -0.3 is 20.9 Å². The molecule has 7 nitrogen and oxygen atoms in total. The molecule has 1 saturated carbocycles. The van der Waals surface area contributed by atoms with Crippen molar-refractivity contribution in [3.63, 3.8) is 0 Å². The number of nitrogens with one attached hydrogen (secondary N) is 1. The minimum Gasteiger partial charge on any atom is -0.359 e. The Balaban J connectivity index is 2.15. The lowest BCUT2D eigenvalue weighted by molar-refractivity contribution is -0.138. The SMILES string of the molecule is CNC(=O)[C@H]1CN(C(C)=O)CCN(C(=O)C2(N)CCCC2)C1. The molecule has 1 heterocycles. The van der Waals surface area contributed by atoms with Crippen molar-refractivity contribution < 1.29 is 14.4 Å². The van der Waals surface area contributed by atoms with E-state index in [1.807, 2.05) is 0 Å². The fraction of sp³-hybridized carbons (Fsp3) is 0.800. The first-order valence-corrected chi connectivity index (χ1v) is 7.93. The van der Waals surface area contributed by atoms with Crippen molar-refractivity contribution in [2.24, 2.45) is 11.7 Å². The maximum absolute atomic E-state index is 12.8. The summed E-state index contributed by atoms with van der Waals surface area (Å²) in [6.07, 6.45) is 3.33. The lowest BCUT2D eigenvalue weighted by Crippen LogP contribution is -2.55. The monoisotopic (exact) mass is 310 g/mol. The number of nitrogens with zero attached hydrogens (tertiary/aromatic N) is 2. The summed E-state index contributed by atoms with van der Waals surface area (Å²) in [7, 11) is 1.57. The Morgan fingerprint density at radius 2 is 1.64 bits per heavy atom. The molecule has 1 aliphatic heterocycles. The van der Waals surface area contributed by atoms with Gasteiger partial charge in [-0.05, 0) is 12.8 Å². The maximum atomic E-state index is 12.8. The van der Waals surface area contributed by atoms with Crippen LogP contribution < -0.4 is 11.1 Å². The third kappa shape index (κ3) is 3.40. The van der Waals surface area contributed by atoms with E-state index >= 15 is 0 Å². The molecule has 0 aromatic carbocycles. The Morgan fingerprint density at radius 3 is 2.18 bits per heavy atom. The fourth-order valence-electron chi connectivity index (χ4n) is 3.39. The molecule has 0 aromatic rings. The molecule has 0 radical (unpaired) electrons. The van der Waals surface area contributed by atoms with Gasteiger partial charge in [-0.25, -0.2) is 0 Å². The highest BCUT2D eigenvalue weighted by atomic mass is 16.2. The van der Waals surface area contributed by atoms with Crippen LogP contribution >= 0.6 is 0 Å². The van der Waals surface area contributed by atoms with Crippen molar-refractivity contribution in [1.82, 2.24) is 15.1 Å². The van der Waals surface area contributed by atoms with Crippen LogP contribution in [0.2, 0.25) is 0 Å². The standard InChI is InChI=1S/C15H26N4O3/c1-11(20)18-7-8-19(10-12(9-18)13(21)17-2)14(22)15(16)5-3-4-6-15/h12H,3-10,16H2,1-2H3,(H,17,21)/t12-/m0/s1. The summed E-state index contributed by atoms with van der Waals surface area (Å²) in [4.78, 5) is 39.8. The highest BCUT2D eigenvalue weighted by Crippen LogP contribution is 2.29. The van der Waals surface area contributed by atoms with Gasteiger partial charge in [0.2, 0.25) is 17.7 Å². The van der Waals surface area contributed by atoms with Crippen molar-refractivity contribution >= 4 is 17.7 Å². The van der Waals surface area contributed by atoms with E-state index < -0.39 is 11.5 Å². The quantitative estimate of drug-likeness (QED) is 0.706. The Morgan fingerprint density at radius 1 is 1.09 bits per heavy atom. The predicted octanol–water partition coefficient (Wildman–Crippen LogP) is -0.689. The molecule has 1 saturated heterocycles. The van der Waals surface area contributed by atoms with Gasteiger partial charge in [-0.1, -0.05) is 12.8 Å². The van der Waals surface area contributed by atoms with Crippen molar-refractivity contribution in [3.05, 3.63) is 0 Å². The number of carbonyl (C=O) groups is 3. The average Bonchev–Trinajstić information content (AvgIpc) is 2.82. The predicted molar refractivity (Wildman–Crippen MR) is 81.8 cm³/mol. The highest BCUT2D eigenvalue weighted by molar-refractivity contribution is 5.88. The van der Waals surface area contributed by atoms with Crippen LogP contribution in [-0.2, 0) is 14.4 Å². The van der Waals surface area contributed by atoms with Crippen molar-refractivity contribution in [3.8, 4) is 0 Å². The topological polar surface area (TPSA) is 95.7 Å². The molecule has 0 aromatic heterocycles. The Bertz CT molecular complexity index is 460. The largest absolute Gasteiger partial charge is 0.359 e. The van der Waals surface area contributed by atoms with Crippen molar-refractivity contribution in [2.45, 2.75) is 38.1 Å². The van der Waals surface area contributed by atoms with E-state index in [2.05, 4.69) is 5.32 Å². The fourth-order valence-corrected chi connectivity index (χ4v) is 3.39. The normalized spacial score (nSPS) is 24.8. The zero-order chi connectivity index (χ0) is 16.3. The molecular formula is C15H26N4O3. The molecule has 3 N–H and O–H groups in total. The molecule has 1 atom stereocenters. The molecule has 3 amide bonds. The molecule has 1 aliphatic carbocycles. The van der Waals surface area contributed by atoms with E-state index in [0.717, 1.165) is 12.8 Å². The van der Waals surface area contributed by atoms with Gasteiger partial charge in [0.15, 0.2) is 0 Å². The molecule has 124 valence electrons. The van der Waals surface area contributed by atoms with E-state index in [9.17, 15) is 14.4 Å². The summed E-state index contributed by atoms with van der Waals surface area (Å²) in [6, 6.07) is 0. The molecule has 2 aliphatic rings. The van der Waals surface area contributed by atoms with Crippen LogP contribution in [0.1, 0.15) is 32.6 Å². The van der Waals surface area contributed by atoms with E-state index in [1.54, 1.807) is 16.8 Å². The van der Waals surface area contributed by atoms with Crippen LogP contribution in [0.5, 0.6) is 0 Å². The number of hydrogen-bond acceptors (Lipinski definition) is 4. The molecular weight excluding hydrogens is 284 g/mol. The zero-order valence-electron chi connectivity index (χ0n) is 13.4. The second-order valence-corrected chi connectivity index (χ2v) is 6.39. The van der Waals surface area contributed by atoms with Crippen LogP contribution in [0.3, 0.4) is 0 Å². The van der Waals surface area contributed by atoms with E-state index in [4.69, 9.17) is 5.73 Å². The van der Waals surface area contributed by atoms with Crippen LogP contribution in [0.25, 0.3) is 0 Å². The lowest BCUT2D eigenvalue weighted by Gasteiger charge is -2.31. The van der Waals surface area contributed by atoms with Gasteiger partial charge >= 0.3 is 0 Å². The number of rotatable bonds is 2. The van der Waals surface area contributed by atoms with Crippen molar-refractivity contribution in [1.29, 1.82) is 0 Å². The lowest BCUT2D eigenvalue weighted by atomic mass is 9.96. The third-order valence-corrected chi connectivity index (χ3v) is 4.79. The van der Waals surface area contributed by atoms with Gasteiger partial charge in [0.1, 0.15) is 0 Å². The Labute approximate surface area is 131 Å². The molecule has 0 spiro atoms. The summed E-state index contributed by atoms with van der Waals surface area (Å²) in [5.41, 5.74) is 5.47. The first kappa shape index (κ1) is 16.7.